The maximum Gasteiger partial charge on any atom is 0.0880 e. The molecule has 0 aliphatic rings. The third-order valence-corrected chi connectivity index (χ3v) is 2.77. The van der Waals surface area contributed by atoms with Crippen LogP contribution >= 0.6 is 0 Å². The molecule has 2 aromatic rings. The van der Waals surface area contributed by atoms with Crippen molar-refractivity contribution in [1.29, 1.82) is 0 Å². The van der Waals surface area contributed by atoms with E-state index in [1.54, 1.807) is 0 Å². The molecule has 0 saturated carbocycles. The van der Waals surface area contributed by atoms with Gasteiger partial charge in [-0.1, -0.05) is 55.8 Å². The highest BCUT2D eigenvalue weighted by molar-refractivity contribution is 5.21. The van der Waals surface area contributed by atoms with E-state index < -0.39 is 0 Å². The number of rotatable bonds is 2. The minimum absolute atomic E-state index is 0.0610. The van der Waals surface area contributed by atoms with Crippen molar-refractivity contribution in [3.05, 3.63) is 47.3 Å². The van der Waals surface area contributed by atoms with E-state index in [2.05, 4.69) is 62.3 Å². The molecule has 1 aromatic heterocycles. The maximum atomic E-state index is 4.21. The fourth-order valence-electron chi connectivity index (χ4n) is 1.60. The molecule has 0 N–H and O–H groups in total. The Labute approximate surface area is 102 Å². The zero-order valence-electron chi connectivity index (χ0n) is 10.9. The number of aromatic nitrogens is 3. The molecule has 0 unspecified atom stereocenters. The van der Waals surface area contributed by atoms with Crippen molar-refractivity contribution in [3.8, 4) is 0 Å². The van der Waals surface area contributed by atoms with Gasteiger partial charge < -0.3 is 0 Å². The van der Waals surface area contributed by atoms with E-state index in [4.69, 9.17) is 0 Å². The van der Waals surface area contributed by atoms with Crippen LogP contribution in [-0.2, 0) is 12.0 Å². The van der Waals surface area contributed by atoms with Crippen molar-refractivity contribution in [1.82, 2.24) is 15.0 Å². The molecule has 0 saturated heterocycles. The molecule has 90 valence electrons. The first-order chi connectivity index (χ1) is 7.95. The Morgan fingerprint density at radius 1 is 1.12 bits per heavy atom. The Morgan fingerprint density at radius 3 is 2.29 bits per heavy atom. The summed E-state index contributed by atoms with van der Waals surface area (Å²) in [6.45, 7) is 9.31. The van der Waals surface area contributed by atoms with E-state index >= 15 is 0 Å². The van der Waals surface area contributed by atoms with E-state index in [1.165, 1.54) is 11.1 Å². The molecule has 0 bridgehead atoms. The molecule has 17 heavy (non-hydrogen) atoms. The predicted octanol–water partition coefficient (Wildman–Crippen LogP) is 2.93. The quantitative estimate of drug-likeness (QED) is 0.792. The second-order valence-corrected chi connectivity index (χ2v) is 5.54. The lowest BCUT2D eigenvalue weighted by molar-refractivity contribution is 0.566. The number of hydrogen-bond acceptors (Lipinski definition) is 2. The topological polar surface area (TPSA) is 30.7 Å². The number of aryl methyl sites for hydroxylation is 1. The van der Waals surface area contributed by atoms with Crippen LogP contribution in [0.25, 0.3) is 0 Å². The molecular formula is C14H19N3. The van der Waals surface area contributed by atoms with Crippen molar-refractivity contribution >= 4 is 0 Å². The molecule has 0 radical (unpaired) electrons. The van der Waals surface area contributed by atoms with Crippen LogP contribution in [0.2, 0.25) is 0 Å². The van der Waals surface area contributed by atoms with Gasteiger partial charge in [0.15, 0.2) is 0 Å². The van der Waals surface area contributed by atoms with Crippen LogP contribution in [0.4, 0.5) is 0 Å². The summed E-state index contributed by atoms with van der Waals surface area (Å²) in [5.41, 5.74) is 3.62. The zero-order valence-corrected chi connectivity index (χ0v) is 10.9. The number of nitrogens with zero attached hydrogens (tertiary/aromatic N) is 3. The van der Waals surface area contributed by atoms with Gasteiger partial charge in [0.05, 0.1) is 12.2 Å². The van der Waals surface area contributed by atoms with E-state index in [0.717, 1.165) is 12.2 Å². The van der Waals surface area contributed by atoms with Crippen LogP contribution in [0.1, 0.15) is 37.6 Å². The largest absolute Gasteiger partial charge is 0.248 e. The Hall–Kier alpha value is -1.64. The first kappa shape index (κ1) is 11.8. The molecule has 0 atom stereocenters. The summed E-state index contributed by atoms with van der Waals surface area (Å²) in [4.78, 5) is 0. The van der Waals surface area contributed by atoms with Crippen LogP contribution in [0, 0.1) is 6.92 Å². The predicted molar refractivity (Wildman–Crippen MR) is 69.0 cm³/mol. The second-order valence-electron chi connectivity index (χ2n) is 5.54. The first-order valence-electron chi connectivity index (χ1n) is 5.91. The SMILES string of the molecule is Cc1ccc(Cn2cc(C(C)(C)C)nn2)cc1. The maximum absolute atomic E-state index is 4.21. The summed E-state index contributed by atoms with van der Waals surface area (Å²) in [5.74, 6) is 0. The van der Waals surface area contributed by atoms with Crippen LogP contribution in [0.5, 0.6) is 0 Å². The van der Waals surface area contributed by atoms with Gasteiger partial charge in [0.25, 0.3) is 0 Å². The molecule has 3 nitrogen and oxygen atoms in total. The summed E-state index contributed by atoms with van der Waals surface area (Å²) >= 11 is 0. The lowest BCUT2D eigenvalue weighted by Gasteiger charge is -2.12. The minimum atomic E-state index is 0.0610. The summed E-state index contributed by atoms with van der Waals surface area (Å²) < 4.78 is 1.89. The molecule has 0 aliphatic heterocycles. The van der Waals surface area contributed by atoms with Gasteiger partial charge in [-0.3, -0.25) is 0 Å². The lowest BCUT2D eigenvalue weighted by Crippen LogP contribution is -2.11. The van der Waals surface area contributed by atoms with Crippen LogP contribution in [0.3, 0.4) is 0 Å². The van der Waals surface area contributed by atoms with Crippen LogP contribution < -0.4 is 0 Å². The van der Waals surface area contributed by atoms with Crippen LogP contribution in [0.15, 0.2) is 30.5 Å². The third-order valence-electron chi connectivity index (χ3n) is 2.77. The number of benzene rings is 1. The van der Waals surface area contributed by atoms with Crippen molar-refractivity contribution in [2.45, 2.75) is 39.7 Å². The van der Waals surface area contributed by atoms with Gasteiger partial charge >= 0.3 is 0 Å². The van der Waals surface area contributed by atoms with Gasteiger partial charge in [0.1, 0.15) is 0 Å². The molecule has 0 fully saturated rings. The van der Waals surface area contributed by atoms with Gasteiger partial charge in [-0.05, 0) is 12.5 Å². The molecular weight excluding hydrogens is 210 g/mol. The summed E-state index contributed by atoms with van der Waals surface area (Å²) in [7, 11) is 0. The van der Waals surface area contributed by atoms with Crippen molar-refractivity contribution in [2.24, 2.45) is 0 Å². The normalized spacial score (nSPS) is 11.8. The first-order valence-corrected chi connectivity index (χ1v) is 5.91. The molecule has 0 spiro atoms. The average Bonchev–Trinajstić information content (AvgIpc) is 2.69. The minimum Gasteiger partial charge on any atom is -0.248 e. The fourth-order valence-corrected chi connectivity index (χ4v) is 1.60. The highest BCUT2D eigenvalue weighted by Crippen LogP contribution is 2.19. The molecule has 0 aliphatic carbocycles. The van der Waals surface area contributed by atoms with E-state index in [9.17, 15) is 0 Å². The highest BCUT2D eigenvalue weighted by atomic mass is 15.4. The van der Waals surface area contributed by atoms with Gasteiger partial charge in [0.2, 0.25) is 0 Å². The van der Waals surface area contributed by atoms with E-state index in [1.807, 2.05) is 10.9 Å². The second kappa shape index (κ2) is 4.32. The molecule has 2 rings (SSSR count). The molecule has 0 amide bonds. The molecule has 1 aromatic carbocycles. The van der Waals surface area contributed by atoms with Gasteiger partial charge in [0, 0.05) is 11.6 Å². The van der Waals surface area contributed by atoms with E-state index in [0.29, 0.717) is 0 Å². The summed E-state index contributed by atoms with van der Waals surface area (Å²) in [6, 6.07) is 8.51. The van der Waals surface area contributed by atoms with E-state index in [-0.39, 0.29) is 5.41 Å². The fraction of sp³-hybridized carbons (Fsp3) is 0.429. The molecule has 1 heterocycles. The summed E-state index contributed by atoms with van der Waals surface area (Å²) in [5, 5.41) is 8.38. The third kappa shape index (κ3) is 2.93. The van der Waals surface area contributed by atoms with Gasteiger partial charge in [-0.15, -0.1) is 5.10 Å². The van der Waals surface area contributed by atoms with Crippen molar-refractivity contribution < 1.29 is 0 Å². The van der Waals surface area contributed by atoms with Crippen molar-refractivity contribution in [3.63, 3.8) is 0 Å². The standard InChI is InChI=1S/C14H19N3/c1-11-5-7-12(8-6-11)9-17-10-13(15-16-17)14(2,3)4/h5-8,10H,9H2,1-4H3. The monoisotopic (exact) mass is 229 g/mol. The summed E-state index contributed by atoms with van der Waals surface area (Å²) in [6.07, 6.45) is 2.03. The number of hydrogen-bond donors (Lipinski definition) is 0. The Kier molecular flexibility index (Phi) is 3.01. The highest BCUT2D eigenvalue weighted by Gasteiger charge is 2.17. The smallest absolute Gasteiger partial charge is 0.0880 e. The average molecular weight is 229 g/mol. The van der Waals surface area contributed by atoms with Gasteiger partial charge in [-0.2, -0.15) is 0 Å². The van der Waals surface area contributed by atoms with Crippen LogP contribution in [-0.4, -0.2) is 15.0 Å². The Bertz CT molecular complexity index is 489. The Morgan fingerprint density at radius 2 is 1.76 bits per heavy atom. The Balaban J connectivity index is 2.14. The lowest BCUT2D eigenvalue weighted by atomic mass is 9.93. The zero-order chi connectivity index (χ0) is 12.5. The van der Waals surface area contributed by atoms with Gasteiger partial charge in [-0.25, -0.2) is 4.68 Å². The van der Waals surface area contributed by atoms with Crippen molar-refractivity contribution in [2.75, 3.05) is 0 Å². The molecule has 3 heteroatoms.